The summed E-state index contributed by atoms with van der Waals surface area (Å²) in [5, 5.41) is 5.05. The largest absolute Gasteiger partial charge is 0.370 e. The lowest BCUT2D eigenvalue weighted by molar-refractivity contribution is 0.757. The van der Waals surface area contributed by atoms with Crippen molar-refractivity contribution in [3.8, 4) is 0 Å². The first-order chi connectivity index (χ1) is 8.50. The Labute approximate surface area is 113 Å². The van der Waals surface area contributed by atoms with E-state index in [4.69, 9.17) is 11.6 Å². The lowest BCUT2D eigenvalue weighted by Crippen LogP contribution is -2.17. The van der Waals surface area contributed by atoms with E-state index in [9.17, 15) is 0 Å². The zero-order valence-electron chi connectivity index (χ0n) is 11.2. The summed E-state index contributed by atoms with van der Waals surface area (Å²) in [5.74, 6) is 0. The van der Waals surface area contributed by atoms with Crippen LogP contribution < -0.4 is 4.90 Å². The van der Waals surface area contributed by atoms with Crippen LogP contribution in [0.1, 0.15) is 16.8 Å². The molecule has 1 heterocycles. The van der Waals surface area contributed by atoms with Crippen molar-refractivity contribution in [1.29, 1.82) is 0 Å². The minimum Gasteiger partial charge on any atom is -0.370 e. The second-order valence-corrected chi connectivity index (χ2v) is 4.98. The minimum absolute atomic E-state index is 0.716. The van der Waals surface area contributed by atoms with Gasteiger partial charge in [-0.1, -0.05) is 29.8 Å². The molecule has 4 heteroatoms. The van der Waals surface area contributed by atoms with E-state index in [2.05, 4.69) is 48.2 Å². The van der Waals surface area contributed by atoms with Gasteiger partial charge >= 0.3 is 0 Å². The summed E-state index contributed by atoms with van der Waals surface area (Å²) in [4.78, 5) is 2.20. The second-order valence-electron chi connectivity index (χ2n) is 4.62. The highest BCUT2D eigenvalue weighted by molar-refractivity contribution is 6.30. The average Bonchev–Trinajstić information content (AvgIpc) is 2.56. The number of para-hydroxylation sites is 1. The van der Waals surface area contributed by atoms with Gasteiger partial charge in [0, 0.05) is 31.9 Å². The summed E-state index contributed by atoms with van der Waals surface area (Å²) in [5.41, 5.74) is 4.56. The van der Waals surface area contributed by atoms with Gasteiger partial charge in [-0.25, -0.2) is 0 Å². The van der Waals surface area contributed by atoms with Crippen LogP contribution in [0, 0.1) is 13.8 Å². The van der Waals surface area contributed by atoms with E-state index in [1.165, 1.54) is 11.3 Å². The lowest BCUT2D eigenvalue weighted by atomic mass is 10.1. The molecule has 18 heavy (non-hydrogen) atoms. The van der Waals surface area contributed by atoms with Crippen molar-refractivity contribution in [3.05, 3.63) is 46.2 Å². The molecular weight excluding hydrogens is 246 g/mol. The van der Waals surface area contributed by atoms with Crippen LogP contribution in [0.25, 0.3) is 0 Å². The Bertz CT molecular complexity index is 560. The van der Waals surface area contributed by atoms with Crippen molar-refractivity contribution >= 4 is 17.3 Å². The molecule has 0 bridgehead atoms. The van der Waals surface area contributed by atoms with E-state index < -0.39 is 0 Å². The number of aromatic nitrogens is 2. The molecule has 0 saturated carbocycles. The first-order valence-electron chi connectivity index (χ1n) is 5.95. The molecule has 1 aromatic heterocycles. The molecule has 0 amide bonds. The van der Waals surface area contributed by atoms with Crippen molar-refractivity contribution in [3.63, 3.8) is 0 Å². The predicted octanol–water partition coefficient (Wildman–Crippen LogP) is 3.33. The topological polar surface area (TPSA) is 21.1 Å². The maximum Gasteiger partial charge on any atom is 0.131 e. The molecule has 0 aliphatic rings. The number of aryl methyl sites for hydroxylation is 3. The third-order valence-corrected chi connectivity index (χ3v) is 3.66. The molecule has 0 aliphatic heterocycles. The van der Waals surface area contributed by atoms with E-state index in [1.807, 2.05) is 14.0 Å². The molecular formula is C14H18ClN3. The molecule has 0 unspecified atom stereocenters. The summed E-state index contributed by atoms with van der Waals surface area (Å²) < 4.78 is 1.72. The summed E-state index contributed by atoms with van der Waals surface area (Å²) in [7, 11) is 3.94. The molecule has 0 aliphatic carbocycles. The summed E-state index contributed by atoms with van der Waals surface area (Å²) in [6, 6.07) is 8.34. The van der Waals surface area contributed by atoms with Crippen LogP contribution in [0.5, 0.6) is 0 Å². The Morgan fingerprint density at radius 1 is 1.28 bits per heavy atom. The number of halogens is 1. The molecule has 0 N–H and O–H groups in total. The standard InChI is InChI=1S/C14H18ClN3/c1-10-7-5-6-8-13(10)17(3)9-12-11(2)16-18(4)14(12)15/h5-8H,9H2,1-4H3. The highest BCUT2D eigenvalue weighted by Gasteiger charge is 2.14. The quantitative estimate of drug-likeness (QED) is 0.847. The molecule has 0 fully saturated rings. The third kappa shape index (κ3) is 2.36. The van der Waals surface area contributed by atoms with Crippen LogP contribution in [0.2, 0.25) is 5.15 Å². The van der Waals surface area contributed by atoms with Crippen LogP contribution in [-0.2, 0) is 13.6 Å². The van der Waals surface area contributed by atoms with Gasteiger partial charge < -0.3 is 4.90 Å². The maximum atomic E-state index is 6.26. The van der Waals surface area contributed by atoms with Crippen LogP contribution >= 0.6 is 11.6 Å². The SMILES string of the molecule is Cc1ccccc1N(C)Cc1c(C)nn(C)c1Cl. The number of hydrogen-bond donors (Lipinski definition) is 0. The Morgan fingerprint density at radius 2 is 1.94 bits per heavy atom. The normalized spacial score (nSPS) is 10.7. The fourth-order valence-electron chi connectivity index (χ4n) is 2.17. The molecule has 0 atom stereocenters. The van der Waals surface area contributed by atoms with Gasteiger partial charge in [0.2, 0.25) is 0 Å². The monoisotopic (exact) mass is 263 g/mol. The van der Waals surface area contributed by atoms with Crippen molar-refractivity contribution in [2.45, 2.75) is 20.4 Å². The number of rotatable bonds is 3. The predicted molar refractivity (Wildman–Crippen MR) is 76.2 cm³/mol. The van der Waals surface area contributed by atoms with Gasteiger partial charge in [-0.2, -0.15) is 5.10 Å². The van der Waals surface area contributed by atoms with Gasteiger partial charge in [0.1, 0.15) is 5.15 Å². The van der Waals surface area contributed by atoms with Crippen LogP contribution in [-0.4, -0.2) is 16.8 Å². The summed E-state index contributed by atoms with van der Waals surface area (Å²) in [6.07, 6.45) is 0. The third-order valence-electron chi connectivity index (χ3n) is 3.19. The molecule has 0 spiro atoms. The zero-order chi connectivity index (χ0) is 13.3. The number of nitrogens with zero attached hydrogens (tertiary/aromatic N) is 3. The van der Waals surface area contributed by atoms with Crippen molar-refractivity contribution in [2.75, 3.05) is 11.9 Å². The number of hydrogen-bond acceptors (Lipinski definition) is 2. The van der Waals surface area contributed by atoms with E-state index in [0.717, 1.165) is 17.8 Å². The molecule has 1 aromatic carbocycles. The Hall–Kier alpha value is -1.48. The van der Waals surface area contributed by atoms with Crippen LogP contribution in [0.3, 0.4) is 0 Å². The summed E-state index contributed by atoms with van der Waals surface area (Å²) in [6.45, 7) is 4.87. The smallest absolute Gasteiger partial charge is 0.131 e. The van der Waals surface area contributed by atoms with E-state index in [1.54, 1.807) is 4.68 Å². The molecule has 3 nitrogen and oxygen atoms in total. The van der Waals surface area contributed by atoms with E-state index >= 15 is 0 Å². The first kappa shape index (κ1) is 13.0. The second kappa shape index (κ2) is 5.02. The summed E-state index contributed by atoms with van der Waals surface area (Å²) >= 11 is 6.26. The van der Waals surface area contributed by atoms with Gasteiger partial charge in [-0.3, -0.25) is 4.68 Å². The van der Waals surface area contributed by atoms with Crippen molar-refractivity contribution < 1.29 is 0 Å². The Balaban J connectivity index is 2.27. The van der Waals surface area contributed by atoms with Gasteiger partial charge in [0.25, 0.3) is 0 Å². The highest BCUT2D eigenvalue weighted by atomic mass is 35.5. The van der Waals surface area contributed by atoms with Crippen LogP contribution in [0.15, 0.2) is 24.3 Å². The molecule has 0 radical (unpaired) electrons. The molecule has 96 valence electrons. The maximum absolute atomic E-state index is 6.26. The lowest BCUT2D eigenvalue weighted by Gasteiger charge is -2.21. The Kier molecular flexibility index (Phi) is 3.62. The van der Waals surface area contributed by atoms with Gasteiger partial charge in [-0.05, 0) is 25.5 Å². The molecule has 2 rings (SSSR count). The zero-order valence-corrected chi connectivity index (χ0v) is 12.0. The molecule has 2 aromatic rings. The van der Waals surface area contributed by atoms with Crippen molar-refractivity contribution in [1.82, 2.24) is 9.78 Å². The number of anilines is 1. The first-order valence-corrected chi connectivity index (χ1v) is 6.33. The average molecular weight is 264 g/mol. The van der Waals surface area contributed by atoms with Gasteiger partial charge in [-0.15, -0.1) is 0 Å². The molecule has 0 saturated heterocycles. The minimum atomic E-state index is 0.716. The van der Waals surface area contributed by atoms with Crippen LogP contribution in [0.4, 0.5) is 5.69 Å². The van der Waals surface area contributed by atoms with E-state index in [-0.39, 0.29) is 0 Å². The van der Waals surface area contributed by atoms with E-state index in [0.29, 0.717) is 5.15 Å². The van der Waals surface area contributed by atoms with Crippen molar-refractivity contribution in [2.24, 2.45) is 7.05 Å². The van der Waals surface area contributed by atoms with Gasteiger partial charge in [0.15, 0.2) is 0 Å². The highest BCUT2D eigenvalue weighted by Crippen LogP contribution is 2.24. The Morgan fingerprint density at radius 3 is 2.50 bits per heavy atom. The number of benzene rings is 1. The van der Waals surface area contributed by atoms with Gasteiger partial charge in [0.05, 0.1) is 5.69 Å². The fraction of sp³-hybridized carbons (Fsp3) is 0.357. The fourth-order valence-corrected chi connectivity index (χ4v) is 2.40.